The number of hydrogen-bond acceptors (Lipinski definition) is 7. The molecular weight excluding hydrogens is 512 g/mol. The lowest BCUT2D eigenvalue weighted by Crippen LogP contribution is -2.56. The van der Waals surface area contributed by atoms with Crippen LogP contribution in [-0.4, -0.2) is 121 Å². The number of anilines is 1. The van der Waals surface area contributed by atoms with Gasteiger partial charge in [-0.15, -0.1) is 0 Å². The number of aliphatic hydroxyl groups is 1. The van der Waals surface area contributed by atoms with Gasteiger partial charge in [0, 0.05) is 58.1 Å². The van der Waals surface area contributed by atoms with Crippen LogP contribution in [0.3, 0.4) is 0 Å². The van der Waals surface area contributed by atoms with Crippen LogP contribution >= 0.6 is 0 Å². The molecule has 1 N–H and O–H groups in total. The van der Waals surface area contributed by atoms with Crippen molar-refractivity contribution in [2.45, 2.75) is 30.6 Å². The van der Waals surface area contributed by atoms with Crippen molar-refractivity contribution >= 4 is 23.4 Å². The molecule has 214 valence electrons. The number of fused-ring (bicyclic) bond motifs is 2. The van der Waals surface area contributed by atoms with Crippen LogP contribution in [0.5, 0.6) is 0 Å². The van der Waals surface area contributed by atoms with Gasteiger partial charge in [0.15, 0.2) is 0 Å². The highest BCUT2D eigenvalue weighted by Crippen LogP contribution is 2.53. The fourth-order valence-electron chi connectivity index (χ4n) is 6.95. The fraction of sp³-hybridized carbons (Fsp3) is 0.567. The number of para-hydroxylation sites is 1. The van der Waals surface area contributed by atoms with Gasteiger partial charge in [-0.2, -0.15) is 0 Å². The highest BCUT2D eigenvalue weighted by Gasteiger charge is 2.71. The van der Waals surface area contributed by atoms with E-state index < -0.39 is 29.6 Å². The molecular formula is C30H38N4O6. The number of aliphatic hydroxyl groups excluding tert-OH is 1. The normalized spacial score (nSPS) is 32.2. The van der Waals surface area contributed by atoms with Crippen LogP contribution < -0.4 is 4.90 Å². The van der Waals surface area contributed by atoms with Crippen LogP contribution in [0.15, 0.2) is 54.6 Å². The van der Waals surface area contributed by atoms with E-state index in [-0.39, 0.29) is 24.3 Å². The van der Waals surface area contributed by atoms with Crippen molar-refractivity contribution in [1.29, 1.82) is 0 Å². The third-order valence-electron chi connectivity index (χ3n) is 8.91. The SMILES string of the molecule is O=C1C2N(CCCCO)C(=O)[C@@H]3[C@@H]4C(=O)N(c5ccccc5)CC=C[C@@H]4O[C@]23C=CCN1CCN1CCOCC1. The molecule has 3 saturated heterocycles. The van der Waals surface area contributed by atoms with E-state index in [9.17, 15) is 19.5 Å². The van der Waals surface area contributed by atoms with Crippen molar-refractivity contribution in [2.75, 3.05) is 70.5 Å². The Hall–Kier alpha value is -3.05. The van der Waals surface area contributed by atoms with Crippen LogP contribution in [0, 0.1) is 11.8 Å². The predicted octanol–water partition coefficient (Wildman–Crippen LogP) is 0.673. The average molecular weight is 551 g/mol. The zero-order chi connectivity index (χ0) is 27.7. The van der Waals surface area contributed by atoms with Crippen LogP contribution in [0.2, 0.25) is 0 Å². The maximum Gasteiger partial charge on any atom is 0.249 e. The monoisotopic (exact) mass is 550 g/mol. The van der Waals surface area contributed by atoms with E-state index >= 15 is 0 Å². The molecule has 0 saturated carbocycles. The molecule has 6 rings (SSSR count). The smallest absolute Gasteiger partial charge is 0.249 e. The number of rotatable bonds is 8. The summed E-state index contributed by atoms with van der Waals surface area (Å²) < 4.78 is 12.2. The Kier molecular flexibility index (Phi) is 7.76. The van der Waals surface area contributed by atoms with E-state index in [2.05, 4.69) is 4.90 Å². The number of unbranched alkanes of at least 4 members (excludes halogenated alkanes) is 1. The summed E-state index contributed by atoms with van der Waals surface area (Å²) in [6.45, 7) is 5.45. The third-order valence-corrected chi connectivity index (χ3v) is 8.91. The molecule has 5 aliphatic heterocycles. The predicted molar refractivity (Wildman–Crippen MR) is 147 cm³/mol. The number of carbonyl (C=O) groups is 3. The van der Waals surface area contributed by atoms with Gasteiger partial charge in [0.05, 0.1) is 31.2 Å². The number of hydrogen-bond donors (Lipinski definition) is 1. The first-order chi connectivity index (χ1) is 19.5. The van der Waals surface area contributed by atoms with E-state index in [4.69, 9.17) is 9.47 Å². The van der Waals surface area contributed by atoms with Gasteiger partial charge in [-0.25, -0.2) is 0 Å². The Morgan fingerprint density at radius 2 is 1.70 bits per heavy atom. The quantitative estimate of drug-likeness (QED) is 0.375. The number of likely N-dealkylation sites (tertiary alicyclic amines) is 1. The van der Waals surface area contributed by atoms with Crippen LogP contribution in [-0.2, 0) is 23.9 Å². The van der Waals surface area contributed by atoms with Gasteiger partial charge in [-0.1, -0.05) is 42.5 Å². The van der Waals surface area contributed by atoms with Gasteiger partial charge in [0.2, 0.25) is 17.7 Å². The minimum absolute atomic E-state index is 0.0112. The van der Waals surface area contributed by atoms with Crippen molar-refractivity contribution in [2.24, 2.45) is 11.8 Å². The maximum atomic E-state index is 14.3. The maximum absolute atomic E-state index is 14.3. The lowest BCUT2D eigenvalue weighted by Gasteiger charge is -2.36. The van der Waals surface area contributed by atoms with Crippen molar-refractivity contribution < 1.29 is 29.0 Å². The first-order valence-electron chi connectivity index (χ1n) is 14.4. The summed E-state index contributed by atoms with van der Waals surface area (Å²) in [5.41, 5.74) is -0.460. The van der Waals surface area contributed by atoms with Crippen molar-refractivity contribution in [3.63, 3.8) is 0 Å². The number of benzene rings is 1. The summed E-state index contributed by atoms with van der Waals surface area (Å²) in [4.78, 5) is 50.1. The van der Waals surface area contributed by atoms with E-state index in [0.29, 0.717) is 52.2 Å². The first kappa shape index (κ1) is 27.1. The second kappa shape index (κ2) is 11.4. The van der Waals surface area contributed by atoms with Crippen LogP contribution in [0.1, 0.15) is 12.8 Å². The molecule has 1 unspecified atom stereocenters. The van der Waals surface area contributed by atoms with Gasteiger partial charge in [0.1, 0.15) is 11.6 Å². The van der Waals surface area contributed by atoms with Crippen LogP contribution in [0.25, 0.3) is 0 Å². The zero-order valence-corrected chi connectivity index (χ0v) is 22.8. The first-order valence-corrected chi connectivity index (χ1v) is 14.4. The van der Waals surface area contributed by atoms with E-state index in [0.717, 1.165) is 25.3 Å². The largest absolute Gasteiger partial charge is 0.396 e. The van der Waals surface area contributed by atoms with Crippen molar-refractivity contribution in [3.8, 4) is 0 Å². The van der Waals surface area contributed by atoms with Crippen LogP contribution in [0.4, 0.5) is 5.69 Å². The number of nitrogens with zero attached hydrogens (tertiary/aromatic N) is 4. The third kappa shape index (κ3) is 4.66. The van der Waals surface area contributed by atoms with Crippen molar-refractivity contribution in [3.05, 3.63) is 54.6 Å². The number of carbonyl (C=O) groups excluding carboxylic acids is 3. The highest BCUT2D eigenvalue weighted by molar-refractivity contribution is 6.03. The molecule has 0 bridgehead atoms. The molecule has 5 atom stereocenters. The van der Waals surface area contributed by atoms with Gasteiger partial charge in [-0.05, 0) is 25.0 Å². The second-order valence-corrected chi connectivity index (χ2v) is 11.2. The summed E-state index contributed by atoms with van der Waals surface area (Å²) >= 11 is 0. The van der Waals surface area contributed by atoms with Gasteiger partial charge >= 0.3 is 0 Å². The topological polar surface area (TPSA) is 103 Å². The molecule has 5 aliphatic rings. The summed E-state index contributed by atoms with van der Waals surface area (Å²) in [5.74, 6) is -2.08. The molecule has 0 radical (unpaired) electrons. The molecule has 1 spiro atoms. The summed E-state index contributed by atoms with van der Waals surface area (Å²) in [5, 5.41) is 9.40. The van der Waals surface area contributed by atoms with Gasteiger partial charge < -0.3 is 29.3 Å². The van der Waals surface area contributed by atoms with Gasteiger partial charge in [-0.3, -0.25) is 19.3 Å². The Morgan fingerprint density at radius 3 is 2.48 bits per heavy atom. The molecule has 5 heterocycles. The van der Waals surface area contributed by atoms with E-state index in [1.54, 1.807) is 9.80 Å². The number of ether oxygens (including phenoxy) is 2. The minimum Gasteiger partial charge on any atom is -0.396 e. The Morgan fingerprint density at radius 1 is 0.900 bits per heavy atom. The standard InChI is InChI=1S/C30H38N4O6/c35-19-5-4-13-34-26-29(38)32(16-15-31-17-20-39-21-18-31)12-7-11-30(26)25(28(34)37)24-23(40-30)10-6-14-33(27(24)36)22-8-2-1-3-9-22/h1-3,6-11,23-26,35H,4-5,12-21H2/t23-,24+,25-,26?,30-/m0/s1. The van der Waals surface area contributed by atoms with E-state index in [1.165, 1.54) is 0 Å². The molecule has 3 amide bonds. The molecule has 0 aliphatic carbocycles. The summed E-state index contributed by atoms with van der Waals surface area (Å²) in [6.07, 6.45) is 8.11. The number of amides is 3. The van der Waals surface area contributed by atoms with E-state index in [1.807, 2.05) is 59.5 Å². The van der Waals surface area contributed by atoms with Crippen molar-refractivity contribution in [1.82, 2.24) is 14.7 Å². The summed E-state index contributed by atoms with van der Waals surface area (Å²) in [6, 6.07) is 8.60. The highest BCUT2D eigenvalue weighted by atomic mass is 16.5. The zero-order valence-electron chi connectivity index (χ0n) is 22.8. The Bertz CT molecular complexity index is 1170. The Labute approximate surface area is 234 Å². The summed E-state index contributed by atoms with van der Waals surface area (Å²) in [7, 11) is 0. The minimum atomic E-state index is -1.23. The number of morpholine rings is 1. The average Bonchev–Trinajstić information content (AvgIpc) is 3.29. The molecule has 10 heteroatoms. The van der Waals surface area contributed by atoms with Gasteiger partial charge in [0.25, 0.3) is 0 Å². The molecule has 1 aromatic rings. The molecule has 0 aromatic heterocycles. The molecule has 40 heavy (non-hydrogen) atoms. The Balaban J connectivity index is 1.32. The molecule has 1 aromatic carbocycles. The molecule has 3 fully saturated rings. The lowest BCUT2D eigenvalue weighted by atomic mass is 9.77. The second-order valence-electron chi connectivity index (χ2n) is 11.2. The lowest BCUT2D eigenvalue weighted by molar-refractivity contribution is -0.147. The fourth-order valence-corrected chi connectivity index (χ4v) is 6.95. The molecule has 10 nitrogen and oxygen atoms in total.